The molecule has 2 atom stereocenters. The predicted octanol–water partition coefficient (Wildman–Crippen LogP) is 2.42. The molecule has 1 aliphatic carbocycles. The van der Waals surface area contributed by atoms with Crippen LogP contribution in [0, 0.1) is 5.92 Å². The summed E-state index contributed by atoms with van der Waals surface area (Å²) < 4.78 is 4.73. The summed E-state index contributed by atoms with van der Waals surface area (Å²) in [6, 6.07) is 8.30. The van der Waals surface area contributed by atoms with Crippen molar-refractivity contribution >= 4 is 5.97 Å². The van der Waals surface area contributed by atoms with Crippen molar-refractivity contribution in [2.45, 2.75) is 38.8 Å². The van der Waals surface area contributed by atoms with Gasteiger partial charge >= 0.3 is 5.97 Å². The maximum atomic E-state index is 11.4. The molecule has 0 saturated heterocycles. The van der Waals surface area contributed by atoms with Gasteiger partial charge in [0, 0.05) is 12.6 Å². The van der Waals surface area contributed by atoms with Gasteiger partial charge in [0.1, 0.15) is 0 Å². The number of benzene rings is 1. The van der Waals surface area contributed by atoms with E-state index in [4.69, 9.17) is 10.5 Å². The quantitative estimate of drug-likeness (QED) is 0.818. The van der Waals surface area contributed by atoms with Crippen LogP contribution in [0.15, 0.2) is 24.3 Å². The number of carbonyl (C=O) groups is 1. The van der Waals surface area contributed by atoms with E-state index in [1.807, 2.05) is 24.3 Å². The zero-order valence-electron chi connectivity index (χ0n) is 13.0. The number of carbonyl (C=O) groups excluding carboxylic acids is 1. The van der Waals surface area contributed by atoms with Crippen LogP contribution < -0.4 is 5.73 Å². The molecule has 0 aromatic heterocycles. The average molecular weight is 290 g/mol. The summed E-state index contributed by atoms with van der Waals surface area (Å²) in [5.74, 6) is 0.340. The summed E-state index contributed by atoms with van der Waals surface area (Å²) in [6.07, 6.45) is 3.78. The molecule has 2 unspecified atom stereocenters. The zero-order valence-corrected chi connectivity index (χ0v) is 13.0. The number of ether oxygens (including phenoxy) is 1. The second kappa shape index (κ2) is 7.57. The molecule has 0 heterocycles. The van der Waals surface area contributed by atoms with E-state index >= 15 is 0 Å². The highest BCUT2D eigenvalue weighted by atomic mass is 16.5. The van der Waals surface area contributed by atoms with Crippen molar-refractivity contribution in [1.82, 2.24) is 4.90 Å². The lowest BCUT2D eigenvalue weighted by Gasteiger charge is -2.31. The molecule has 0 spiro atoms. The van der Waals surface area contributed by atoms with Gasteiger partial charge < -0.3 is 10.5 Å². The van der Waals surface area contributed by atoms with Gasteiger partial charge in [-0.05, 0) is 49.5 Å². The first-order valence-corrected chi connectivity index (χ1v) is 7.81. The molecule has 0 amide bonds. The van der Waals surface area contributed by atoms with E-state index in [2.05, 4.69) is 11.8 Å². The minimum atomic E-state index is -0.284. The van der Waals surface area contributed by atoms with Crippen LogP contribution in [0.1, 0.15) is 42.1 Å². The van der Waals surface area contributed by atoms with Crippen molar-refractivity contribution in [1.29, 1.82) is 0 Å². The van der Waals surface area contributed by atoms with Gasteiger partial charge in [0.15, 0.2) is 0 Å². The summed E-state index contributed by atoms with van der Waals surface area (Å²) in [7, 11) is 1.40. The first-order chi connectivity index (χ1) is 10.2. The fourth-order valence-corrected chi connectivity index (χ4v) is 3.34. The Balaban J connectivity index is 2.03. The van der Waals surface area contributed by atoms with E-state index in [-0.39, 0.29) is 5.97 Å². The summed E-state index contributed by atoms with van der Waals surface area (Å²) in [5, 5.41) is 0. The molecule has 1 aromatic rings. The topological polar surface area (TPSA) is 55.6 Å². The summed E-state index contributed by atoms with van der Waals surface area (Å²) >= 11 is 0. The SMILES string of the molecule is CCN(Cc1ccc(C(=O)OC)cc1)C1CCCC1CN. The molecular weight excluding hydrogens is 264 g/mol. The van der Waals surface area contributed by atoms with Gasteiger partial charge in [-0.1, -0.05) is 25.5 Å². The largest absolute Gasteiger partial charge is 0.465 e. The van der Waals surface area contributed by atoms with E-state index in [1.54, 1.807) is 0 Å². The molecule has 2 N–H and O–H groups in total. The lowest BCUT2D eigenvalue weighted by atomic mass is 10.0. The maximum Gasteiger partial charge on any atom is 0.337 e. The highest BCUT2D eigenvalue weighted by molar-refractivity contribution is 5.89. The number of rotatable bonds is 6. The molecule has 4 nitrogen and oxygen atoms in total. The lowest BCUT2D eigenvalue weighted by molar-refractivity contribution is 0.0600. The van der Waals surface area contributed by atoms with Crippen LogP contribution in [-0.2, 0) is 11.3 Å². The Hall–Kier alpha value is -1.39. The first-order valence-electron chi connectivity index (χ1n) is 7.81. The lowest BCUT2D eigenvalue weighted by Crippen LogP contribution is -2.39. The molecule has 1 aliphatic rings. The van der Waals surface area contributed by atoms with E-state index in [0.29, 0.717) is 17.5 Å². The number of nitrogens with zero attached hydrogens (tertiary/aromatic N) is 1. The highest BCUT2D eigenvalue weighted by Gasteiger charge is 2.30. The molecule has 1 fully saturated rings. The fourth-order valence-electron chi connectivity index (χ4n) is 3.34. The molecule has 2 rings (SSSR count). The summed E-state index contributed by atoms with van der Waals surface area (Å²) in [5.41, 5.74) is 7.73. The standard InChI is InChI=1S/C17H26N2O2/c1-3-19(16-6-4-5-15(16)11-18)12-13-7-9-14(10-8-13)17(20)21-2/h7-10,15-16H,3-6,11-12,18H2,1-2H3. The number of nitrogens with two attached hydrogens (primary N) is 1. The van der Waals surface area contributed by atoms with E-state index in [0.717, 1.165) is 19.6 Å². The predicted molar refractivity (Wildman–Crippen MR) is 84.0 cm³/mol. The highest BCUT2D eigenvalue weighted by Crippen LogP contribution is 2.30. The Morgan fingerprint density at radius 3 is 2.62 bits per heavy atom. The molecule has 0 radical (unpaired) electrons. The van der Waals surface area contributed by atoms with Gasteiger partial charge in [0.05, 0.1) is 12.7 Å². The smallest absolute Gasteiger partial charge is 0.337 e. The van der Waals surface area contributed by atoms with Crippen LogP contribution in [0.3, 0.4) is 0 Å². The average Bonchev–Trinajstić information content (AvgIpc) is 3.00. The third-order valence-electron chi connectivity index (χ3n) is 4.56. The third-order valence-corrected chi connectivity index (χ3v) is 4.56. The van der Waals surface area contributed by atoms with Crippen LogP contribution in [-0.4, -0.2) is 37.1 Å². The van der Waals surface area contributed by atoms with Crippen LogP contribution >= 0.6 is 0 Å². The maximum absolute atomic E-state index is 11.4. The van der Waals surface area contributed by atoms with Gasteiger partial charge in [-0.25, -0.2) is 4.79 Å². The number of hydrogen-bond acceptors (Lipinski definition) is 4. The van der Waals surface area contributed by atoms with Gasteiger partial charge in [-0.3, -0.25) is 4.90 Å². The Bertz CT molecular complexity index is 458. The first kappa shape index (κ1) is 16.0. The zero-order chi connectivity index (χ0) is 15.2. The Labute approximate surface area is 127 Å². The second-order valence-electron chi connectivity index (χ2n) is 5.75. The molecule has 0 aliphatic heterocycles. The van der Waals surface area contributed by atoms with Crippen molar-refractivity contribution in [3.8, 4) is 0 Å². The minimum absolute atomic E-state index is 0.284. The van der Waals surface area contributed by atoms with Crippen LogP contribution in [0.25, 0.3) is 0 Å². The van der Waals surface area contributed by atoms with Crippen molar-refractivity contribution < 1.29 is 9.53 Å². The van der Waals surface area contributed by atoms with Gasteiger partial charge in [-0.15, -0.1) is 0 Å². The molecule has 1 aromatic carbocycles. The summed E-state index contributed by atoms with van der Waals surface area (Å²) in [6.45, 7) is 4.93. The Morgan fingerprint density at radius 1 is 1.33 bits per heavy atom. The van der Waals surface area contributed by atoms with Gasteiger partial charge in [0.2, 0.25) is 0 Å². The molecule has 4 heteroatoms. The monoisotopic (exact) mass is 290 g/mol. The Morgan fingerprint density at radius 2 is 2.05 bits per heavy atom. The minimum Gasteiger partial charge on any atom is -0.465 e. The van der Waals surface area contributed by atoms with Crippen molar-refractivity contribution in [3.63, 3.8) is 0 Å². The fraction of sp³-hybridized carbons (Fsp3) is 0.588. The third kappa shape index (κ3) is 3.83. The molecule has 0 bridgehead atoms. The number of esters is 1. The van der Waals surface area contributed by atoms with E-state index in [1.165, 1.54) is 31.9 Å². The normalized spacial score (nSPS) is 21.7. The van der Waals surface area contributed by atoms with Crippen LogP contribution in [0.4, 0.5) is 0 Å². The van der Waals surface area contributed by atoms with Crippen molar-refractivity contribution in [2.24, 2.45) is 11.7 Å². The van der Waals surface area contributed by atoms with Gasteiger partial charge in [0.25, 0.3) is 0 Å². The van der Waals surface area contributed by atoms with Crippen molar-refractivity contribution in [3.05, 3.63) is 35.4 Å². The van der Waals surface area contributed by atoms with Crippen LogP contribution in [0.2, 0.25) is 0 Å². The van der Waals surface area contributed by atoms with Crippen LogP contribution in [0.5, 0.6) is 0 Å². The number of methoxy groups -OCH3 is 1. The molecule has 1 saturated carbocycles. The van der Waals surface area contributed by atoms with Gasteiger partial charge in [-0.2, -0.15) is 0 Å². The molecule has 21 heavy (non-hydrogen) atoms. The van der Waals surface area contributed by atoms with E-state index in [9.17, 15) is 4.79 Å². The van der Waals surface area contributed by atoms with E-state index < -0.39 is 0 Å². The second-order valence-corrected chi connectivity index (χ2v) is 5.75. The molecule has 116 valence electrons. The molecular formula is C17H26N2O2. The summed E-state index contributed by atoms with van der Waals surface area (Å²) in [4.78, 5) is 14.0. The number of hydrogen-bond donors (Lipinski definition) is 1. The van der Waals surface area contributed by atoms with Crippen molar-refractivity contribution in [2.75, 3.05) is 20.2 Å². The Kier molecular flexibility index (Phi) is 5.76.